The van der Waals surface area contributed by atoms with Gasteiger partial charge in [0.1, 0.15) is 0 Å². The van der Waals surface area contributed by atoms with E-state index in [2.05, 4.69) is 25.9 Å². The van der Waals surface area contributed by atoms with Crippen LogP contribution in [0.1, 0.15) is 37.5 Å². The van der Waals surface area contributed by atoms with Gasteiger partial charge in [0.25, 0.3) is 0 Å². The van der Waals surface area contributed by atoms with Crippen molar-refractivity contribution in [2.24, 2.45) is 0 Å². The minimum absolute atomic E-state index is 0.0370. The van der Waals surface area contributed by atoms with Crippen LogP contribution in [-0.4, -0.2) is 0 Å². The van der Waals surface area contributed by atoms with Crippen molar-refractivity contribution < 1.29 is 4.57 Å². The van der Waals surface area contributed by atoms with Gasteiger partial charge in [-0.3, -0.25) is 4.57 Å². The smallest absolute Gasteiger partial charge is 0.216 e. The lowest BCUT2D eigenvalue weighted by atomic mass is 9.87. The number of halogens is 2. The first kappa shape index (κ1) is 23.4. The summed E-state index contributed by atoms with van der Waals surface area (Å²) in [5, 5.41) is 3.97. The van der Waals surface area contributed by atoms with Gasteiger partial charge in [-0.2, -0.15) is 0 Å². The highest BCUT2D eigenvalue weighted by Crippen LogP contribution is 2.53. The van der Waals surface area contributed by atoms with Gasteiger partial charge >= 0.3 is 0 Å². The lowest BCUT2D eigenvalue weighted by molar-refractivity contribution is 0.589. The molecule has 0 amide bonds. The molecule has 0 aromatic heterocycles. The van der Waals surface area contributed by atoms with E-state index >= 15 is 0 Å². The molecular formula is C26H26Cl2NOP. The standard InChI is InChI=1S/C26H26Cl2NOP/c1-26(2,3)22-14-16-23(17-15-22)29-31(30,18-24(27)20-10-6-4-7-11-20)19-25(28)21-12-8-5-9-13-21/h4-19H,1-3H3,(H,29,30)/b24-18+,25-19+. The average Bonchev–Trinajstić information content (AvgIpc) is 2.74. The fraction of sp³-hybridized carbons (Fsp3) is 0.154. The maximum atomic E-state index is 14.0. The topological polar surface area (TPSA) is 29.1 Å². The van der Waals surface area contributed by atoms with E-state index in [0.29, 0.717) is 10.1 Å². The van der Waals surface area contributed by atoms with E-state index in [1.807, 2.05) is 84.9 Å². The van der Waals surface area contributed by atoms with Gasteiger partial charge in [0.2, 0.25) is 7.29 Å². The summed E-state index contributed by atoms with van der Waals surface area (Å²) in [5.74, 6) is 3.12. The molecule has 0 spiro atoms. The molecule has 3 aromatic carbocycles. The van der Waals surface area contributed by atoms with Gasteiger partial charge in [0.15, 0.2) is 0 Å². The summed E-state index contributed by atoms with van der Waals surface area (Å²) in [7, 11) is -3.28. The summed E-state index contributed by atoms with van der Waals surface area (Å²) in [4.78, 5) is 0. The van der Waals surface area contributed by atoms with Gasteiger partial charge in [0.05, 0.1) is 10.1 Å². The van der Waals surface area contributed by atoms with Crippen LogP contribution in [0.5, 0.6) is 0 Å². The van der Waals surface area contributed by atoms with Crippen LogP contribution in [0.4, 0.5) is 5.69 Å². The highest BCUT2D eigenvalue weighted by atomic mass is 35.5. The largest absolute Gasteiger partial charge is 0.330 e. The van der Waals surface area contributed by atoms with E-state index < -0.39 is 7.29 Å². The van der Waals surface area contributed by atoms with E-state index in [4.69, 9.17) is 23.2 Å². The zero-order valence-corrected chi connectivity index (χ0v) is 20.3. The molecule has 0 aliphatic rings. The lowest BCUT2D eigenvalue weighted by Gasteiger charge is -2.20. The van der Waals surface area contributed by atoms with Gasteiger partial charge in [0, 0.05) is 17.3 Å². The Kier molecular flexibility index (Phi) is 7.49. The Hall–Kier alpha value is -2.25. The van der Waals surface area contributed by atoms with Crippen molar-refractivity contribution in [1.82, 2.24) is 0 Å². The second-order valence-corrected chi connectivity index (χ2v) is 11.3. The molecule has 0 bridgehead atoms. The Balaban J connectivity index is 2.01. The van der Waals surface area contributed by atoms with Gasteiger partial charge in [-0.15, -0.1) is 0 Å². The Bertz CT molecular complexity index is 1060. The van der Waals surface area contributed by atoms with Crippen LogP contribution in [0.25, 0.3) is 10.1 Å². The molecule has 0 fully saturated rings. The van der Waals surface area contributed by atoms with Crippen molar-refractivity contribution in [3.63, 3.8) is 0 Å². The highest BCUT2D eigenvalue weighted by molar-refractivity contribution is 7.72. The molecule has 5 heteroatoms. The van der Waals surface area contributed by atoms with Crippen LogP contribution in [0.15, 0.2) is 96.6 Å². The Labute approximate surface area is 195 Å². The predicted octanol–water partition coefficient (Wildman–Crippen LogP) is 9.15. The molecule has 0 aliphatic heterocycles. The van der Waals surface area contributed by atoms with Crippen LogP contribution in [0, 0.1) is 0 Å². The van der Waals surface area contributed by atoms with Crippen molar-refractivity contribution in [2.75, 3.05) is 5.09 Å². The zero-order valence-electron chi connectivity index (χ0n) is 17.8. The molecule has 0 atom stereocenters. The van der Waals surface area contributed by atoms with Gasteiger partial charge in [-0.05, 0) is 34.2 Å². The van der Waals surface area contributed by atoms with E-state index in [1.54, 1.807) is 11.6 Å². The van der Waals surface area contributed by atoms with Gasteiger partial charge in [-0.25, -0.2) is 0 Å². The molecule has 0 aliphatic carbocycles. The average molecular weight is 470 g/mol. The molecule has 0 heterocycles. The molecule has 160 valence electrons. The minimum Gasteiger partial charge on any atom is -0.330 e. The van der Waals surface area contributed by atoms with Crippen molar-refractivity contribution in [2.45, 2.75) is 26.2 Å². The van der Waals surface area contributed by atoms with E-state index in [-0.39, 0.29) is 5.41 Å². The summed E-state index contributed by atoms with van der Waals surface area (Å²) in [5.41, 5.74) is 3.55. The molecule has 2 nitrogen and oxygen atoms in total. The number of anilines is 1. The minimum atomic E-state index is -3.28. The van der Waals surface area contributed by atoms with Crippen molar-refractivity contribution in [1.29, 1.82) is 0 Å². The Morgan fingerprint density at radius 3 is 1.55 bits per heavy atom. The summed E-state index contributed by atoms with van der Waals surface area (Å²) in [6.07, 6.45) is 0. The molecule has 31 heavy (non-hydrogen) atoms. The SMILES string of the molecule is CC(C)(C)c1ccc(NP(=O)(/C=C(/Cl)c2ccccc2)/C=C(/Cl)c2ccccc2)cc1. The molecule has 0 saturated carbocycles. The zero-order chi connectivity index (χ0) is 22.5. The Morgan fingerprint density at radius 2 is 1.16 bits per heavy atom. The molecule has 3 aromatic rings. The maximum Gasteiger partial charge on any atom is 0.216 e. The van der Waals surface area contributed by atoms with Crippen LogP contribution in [0.2, 0.25) is 0 Å². The predicted molar refractivity (Wildman–Crippen MR) is 137 cm³/mol. The highest BCUT2D eigenvalue weighted by Gasteiger charge is 2.20. The third-order valence-electron chi connectivity index (χ3n) is 4.76. The van der Waals surface area contributed by atoms with Crippen LogP contribution in [0.3, 0.4) is 0 Å². The maximum absolute atomic E-state index is 14.0. The van der Waals surface area contributed by atoms with Crippen molar-refractivity contribution in [3.8, 4) is 0 Å². The second kappa shape index (κ2) is 9.92. The second-order valence-electron chi connectivity index (χ2n) is 8.33. The van der Waals surface area contributed by atoms with Crippen LogP contribution < -0.4 is 5.09 Å². The number of nitrogens with one attached hydrogen (secondary N) is 1. The first-order chi connectivity index (χ1) is 14.7. The van der Waals surface area contributed by atoms with Crippen LogP contribution >= 0.6 is 30.5 Å². The van der Waals surface area contributed by atoms with Gasteiger partial charge in [-0.1, -0.05) is 117 Å². The van der Waals surface area contributed by atoms with Gasteiger partial charge < -0.3 is 5.09 Å². The third kappa shape index (κ3) is 6.61. The molecule has 0 radical (unpaired) electrons. The summed E-state index contributed by atoms with van der Waals surface area (Å²) in [6.45, 7) is 6.47. The monoisotopic (exact) mass is 469 g/mol. The lowest BCUT2D eigenvalue weighted by Crippen LogP contribution is -2.10. The van der Waals surface area contributed by atoms with Crippen molar-refractivity contribution >= 4 is 46.2 Å². The van der Waals surface area contributed by atoms with E-state index in [0.717, 1.165) is 16.8 Å². The van der Waals surface area contributed by atoms with E-state index in [9.17, 15) is 4.57 Å². The number of rotatable bonds is 6. The third-order valence-corrected chi connectivity index (χ3v) is 7.61. The quantitative estimate of drug-likeness (QED) is 0.364. The number of hydrogen-bond donors (Lipinski definition) is 1. The molecule has 1 N–H and O–H groups in total. The fourth-order valence-corrected chi connectivity index (χ4v) is 5.88. The molecule has 0 saturated heterocycles. The first-order valence-corrected chi connectivity index (χ1v) is 12.6. The van der Waals surface area contributed by atoms with E-state index in [1.165, 1.54) is 5.56 Å². The Morgan fingerprint density at radius 1 is 0.742 bits per heavy atom. The van der Waals surface area contributed by atoms with Crippen LogP contribution in [-0.2, 0) is 9.98 Å². The fourth-order valence-electron chi connectivity index (χ4n) is 3.03. The number of hydrogen-bond acceptors (Lipinski definition) is 1. The molecule has 3 rings (SSSR count). The first-order valence-electron chi connectivity index (χ1n) is 10.0. The number of benzene rings is 3. The molecular weight excluding hydrogens is 444 g/mol. The van der Waals surface area contributed by atoms with Crippen molar-refractivity contribution in [3.05, 3.63) is 113 Å². The summed E-state index contributed by atoms with van der Waals surface area (Å²) >= 11 is 13.1. The normalized spacial score (nSPS) is 13.2. The summed E-state index contributed by atoms with van der Waals surface area (Å²) in [6, 6.07) is 26.8. The molecule has 0 unspecified atom stereocenters. The summed E-state index contributed by atoms with van der Waals surface area (Å²) < 4.78 is 14.0.